The molecule has 114 valence electrons. The van der Waals surface area contributed by atoms with E-state index in [0.29, 0.717) is 12.2 Å². The third-order valence-electron chi connectivity index (χ3n) is 3.20. The van der Waals surface area contributed by atoms with Gasteiger partial charge in [-0.3, -0.25) is 4.79 Å². The highest BCUT2D eigenvalue weighted by atomic mass is 79.9. The Kier molecular flexibility index (Phi) is 6.39. The van der Waals surface area contributed by atoms with Crippen molar-refractivity contribution < 1.29 is 4.79 Å². The fourth-order valence-electron chi connectivity index (χ4n) is 1.74. The molecule has 2 rings (SSSR count). The average Bonchev–Trinajstić information content (AvgIpc) is 2.94. The number of likely N-dealkylation sites (N-methyl/N-ethyl adjacent to an activating group) is 1. The summed E-state index contributed by atoms with van der Waals surface area (Å²) in [6.45, 7) is 2.33. The van der Waals surface area contributed by atoms with Crippen molar-refractivity contribution in [3.05, 3.63) is 46.7 Å². The minimum Gasteiger partial charge on any atom is -0.336 e. The Labute approximate surface area is 138 Å². The van der Waals surface area contributed by atoms with Gasteiger partial charge in [0.1, 0.15) is 0 Å². The van der Waals surface area contributed by atoms with Gasteiger partial charge in [0.15, 0.2) is 5.69 Å². The van der Waals surface area contributed by atoms with Gasteiger partial charge < -0.3 is 10.6 Å². The van der Waals surface area contributed by atoms with Crippen LogP contribution >= 0.6 is 28.3 Å². The summed E-state index contributed by atoms with van der Waals surface area (Å²) < 4.78 is 2.64. The van der Waals surface area contributed by atoms with Gasteiger partial charge in [0.05, 0.1) is 5.69 Å². The quantitative estimate of drug-likeness (QED) is 0.895. The number of aromatic nitrogens is 2. The Morgan fingerprint density at radius 3 is 2.81 bits per heavy atom. The molecule has 0 saturated heterocycles. The topological polar surface area (TPSA) is 64.2 Å². The number of hydrogen-bond donors (Lipinski definition) is 1. The van der Waals surface area contributed by atoms with E-state index in [2.05, 4.69) is 21.0 Å². The van der Waals surface area contributed by atoms with E-state index in [0.717, 1.165) is 10.2 Å². The molecule has 1 aromatic heterocycles. The van der Waals surface area contributed by atoms with Crippen LogP contribution in [0.2, 0.25) is 0 Å². The SMILES string of the molecule is CC(CN)N(C)C(=O)c1ccn(-c2cccc(Br)c2)n1.Cl. The summed E-state index contributed by atoms with van der Waals surface area (Å²) in [5.41, 5.74) is 6.88. The Morgan fingerprint density at radius 2 is 2.19 bits per heavy atom. The largest absolute Gasteiger partial charge is 0.336 e. The summed E-state index contributed by atoms with van der Waals surface area (Å²) in [6, 6.07) is 9.42. The number of nitrogens with zero attached hydrogens (tertiary/aromatic N) is 3. The molecule has 0 bridgehead atoms. The summed E-state index contributed by atoms with van der Waals surface area (Å²) >= 11 is 3.42. The Morgan fingerprint density at radius 1 is 1.48 bits per heavy atom. The maximum absolute atomic E-state index is 12.2. The zero-order chi connectivity index (χ0) is 14.7. The maximum Gasteiger partial charge on any atom is 0.274 e. The van der Waals surface area contributed by atoms with Crippen LogP contribution in [0, 0.1) is 0 Å². The highest BCUT2D eigenvalue weighted by molar-refractivity contribution is 9.10. The minimum atomic E-state index is -0.128. The van der Waals surface area contributed by atoms with Crippen LogP contribution in [0.1, 0.15) is 17.4 Å². The smallest absolute Gasteiger partial charge is 0.274 e. The first-order valence-electron chi connectivity index (χ1n) is 6.31. The molecule has 0 aliphatic heterocycles. The van der Waals surface area contributed by atoms with Crippen LogP contribution in [0.4, 0.5) is 0 Å². The lowest BCUT2D eigenvalue weighted by molar-refractivity contribution is 0.0742. The van der Waals surface area contributed by atoms with Gasteiger partial charge in [-0.25, -0.2) is 4.68 Å². The molecule has 0 saturated carbocycles. The van der Waals surface area contributed by atoms with E-state index in [9.17, 15) is 4.79 Å². The van der Waals surface area contributed by atoms with Crippen molar-refractivity contribution in [1.29, 1.82) is 0 Å². The first-order valence-corrected chi connectivity index (χ1v) is 7.11. The Bertz CT molecular complexity index is 617. The molecule has 2 aromatic rings. The van der Waals surface area contributed by atoms with Crippen molar-refractivity contribution in [3.8, 4) is 5.69 Å². The second-order valence-electron chi connectivity index (χ2n) is 4.63. The molecular weight excluding hydrogens is 356 g/mol. The molecule has 1 unspecified atom stereocenters. The van der Waals surface area contributed by atoms with E-state index in [4.69, 9.17) is 5.73 Å². The summed E-state index contributed by atoms with van der Waals surface area (Å²) in [6.07, 6.45) is 1.77. The molecule has 1 heterocycles. The van der Waals surface area contributed by atoms with Crippen LogP contribution in [-0.4, -0.2) is 40.2 Å². The van der Waals surface area contributed by atoms with Crippen molar-refractivity contribution in [2.45, 2.75) is 13.0 Å². The summed E-state index contributed by atoms with van der Waals surface area (Å²) in [5.74, 6) is -0.128. The molecule has 0 radical (unpaired) electrons. The normalized spacial score (nSPS) is 11.6. The van der Waals surface area contributed by atoms with Gasteiger partial charge in [-0.15, -0.1) is 12.4 Å². The fourth-order valence-corrected chi connectivity index (χ4v) is 2.13. The second-order valence-corrected chi connectivity index (χ2v) is 5.54. The zero-order valence-corrected chi connectivity index (χ0v) is 14.3. The van der Waals surface area contributed by atoms with Gasteiger partial charge >= 0.3 is 0 Å². The third kappa shape index (κ3) is 4.06. The average molecular weight is 374 g/mol. The highest BCUT2D eigenvalue weighted by Crippen LogP contribution is 2.15. The maximum atomic E-state index is 12.2. The molecule has 0 spiro atoms. The number of benzene rings is 1. The van der Waals surface area contributed by atoms with Gasteiger partial charge in [0.25, 0.3) is 5.91 Å². The van der Waals surface area contributed by atoms with E-state index in [1.165, 1.54) is 0 Å². The van der Waals surface area contributed by atoms with Crippen LogP contribution in [0.25, 0.3) is 5.69 Å². The number of halogens is 2. The summed E-state index contributed by atoms with van der Waals surface area (Å²) in [4.78, 5) is 13.8. The molecule has 1 amide bonds. The number of rotatable bonds is 4. The summed E-state index contributed by atoms with van der Waals surface area (Å²) in [5, 5.41) is 4.32. The minimum absolute atomic E-state index is 0. The molecule has 5 nitrogen and oxygen atoms in total. The first-order chi connectivity index (χ1) is 9.52. The zero-order valence-electron chi connectivity index (χ0n) is 11.9. The summed E-state index contributed by atoms with van der Waals surface area (Å²) in [7, 11) is 1.73. The van der Waals surface area contributed by atoms with E-state index >= 15 is 0 Å². The van der Waals surface area contributed by atoms with Crippen molar-refractivity contribution >= 4 is 34.2 Å². The predicted molar refractivity (Wildman–Crippen MR) is 89.1 cm³/mol. The number of carbonyl (C=O) groups excluding carboxylic acids is 1. The Balaban J connectivity index is 0.00000220. The predicted octanol–water partition coefficient (Wildman–Crippen LogP) is 2.48. The fraction of sp³-hybridized carbons (Fsp3) is 0.286. The van der Waals surface area contributed by atoms with Gasteiger partial charge in [-0.05, 0) is 31.2 Å². The molecular formula is C14H18BrClN4O. The molecule has 0 fully saturated rings. The second kappa shape index (κ2) is 7.59. The number of hydrogen-bond acceptors (Lipinski definition) is 3. The molecule has 7 heteroatoms. The van der Waals surface area contributed by atoms with Crippen LogP contribution < -0.4 is 5.73 Å². The van der Waals surface area contributed by atoms with Crippen LogP contribution in [-0.2, 0) is 0 Å². The molecule has 0 aliphatic rings. The molecule has 1 aromatic carbocycles. The van der Waals surface area contributed by atoms with Gasteiger partial charge in [0.2, 0.25) is 0 Å². The van der Waals surface area contributed by atoms with Crippen molar-refractivity contribution in [1.82, 2.24) is 14.7 Å². The molecule has 0 aliphatic carbocycles. The lowest BCUT2D eigenvalue weighted by Gasteiger charge is -2.22. The number of carbonyl (C=O) groups is 1. The Hall–Kier alpha value is -1.37. The lowest BCUT2D eigenvalue weighted by Crippen LogP contribution is -2.39. The first kappa shape index (κ1) is 17.7. The van der Waals surface area contributed by atoms with Gasteiger partial charge in [-0.2, -0.15) is 5.10 Å². The lowest BCUT2D eigenvalue weighted by atomic mass is 10.2. The van der Waals surface area contributed by atoms with E-state index in [1.54, 1.807) is 28.9 Å². The van der Waals surface area contributed by atoms with Crippen LogP contribution in [0.15, 0.2) is 41.0 Å². The van der Waals surface area contributed by atoms with Crippen molar-refractivity contribution in [3.63, 3.8) is 0 Å². The van der Waals surface area contributed by atoms with Crippen LogP contribution in [0.3, 0.4) is 0 Å². The van der Waals surface area contributed by atoms with Crippen molar-refractivity contribution in [2.24, 2.45) is 5.73 Å². The van der Waals surface area contributed by atoms with Gasteiger partial charge in [0, 0.05) is 30.3 Å². The standard InChI is InChI=1S/C14H17BrN4O.ClH/c1-10(9-16)18(2)14(20)13-6-7-19(17-13)12-5-3-4-11(15)8-12;/h3-8,10H,9,16H2,1-2H3;1H. The molecule has 1 atom stereocenters. The van der Waals surface area contributed by atoms with Crippen molar-refractivity contribution in [2.75, 3.05) is 13.6 Å². The number of nitrogens with two attached hydrogens (primary N) is 1. The van der Waals surface area contributed by atoms with Gasteiger partial charge in [-0.1, -0.05) is 22.0 Å². The van der Waals surface area contributed by atoms with E-state index in [1.807, 2.05) is 31.2 Å². The molecule has 2 N–H and O–H groups in total. The van der Waals surface area contributed by atoms with E-state index in [-0.39, 0.29) is 24.4 Å². The van der Waals surface area contributed by atoms with E-state index < -0.39 is 0 Å². The molecule has 21 heavy (non-hydrogen) atoms. The van der Waals surface area contributed by atoms with Crippen LogP contribution in [0.5, 0.6) is 0 Å². The third-order valence-corrected chi connectivity index (χ3v) is 3.70. The number of amides is 1. The monoisotopic (exact) mass is 372 g/mol. The highest BCUT2D eigenvalue weighted by Gasteiger charge is 2.18.